The van der Waals surface area contributed by atoms with Crippen molar-refractivity contribution < 1.29 is 20.1 Å². The van der Waals surface area contributed by atoms with E-state index in [-0.39, 0.29) is 17.9 Å². The second-order valence-electron chi connectivity index (χ2n) is 6.00. The molecule has 0 aliphatic rings. The SMILES string of the molecule is CC(CCc1cccc(Br)c1)(Cc1ccc(O)c(O)c1)C(=O)O. The molecule has 0 radical (unpaired) electrons. The fourth-order valence-electron chi connectivity index (χ4n) is 2.51. The van der Waals surface area contributed by atoms with Gasteiger partial charge in [0.15, 0.2) is 11.5 Å². The van der Waals surface area contributed by atoms with E-state index in [1.807, 2.05) is 24.3 Å². The topological polar surface area (TPSA) is 77.8 Å². The Morgan fingerprint density at radius 1 is 1.09 bits per heavy atom. The lowest BCUT2D eigenvalue weighted by atomic mass is 9.78. The van der Waals surface area contributed by atoms with Gasteiger partial charge in [-0.05, 0) is 61.6 Å². The highest BCUT2D eigenvalue weighted by molar-refractivity contribution is 9.10. The van der Waals surface area contributed by atoms with Crippen LogP contribution in [0, 0.1) is 5.41 Å². The zero-order valence-corrected chi connectivity index (χ0v) is 14.4. The lowest BCUT2D eigenvalue weighted by Crippen LogP contribution is -2.30. The number of rotatable bonds is 6. The number of benzene rings is 2. The van der Waals surface area contributed by atoms with Crippen molar-refractivity contribution in [3.05, 3.63) is 58.1 Å². The Bertz CT molecular complexity index is 714. The molecule has 0 heterocycles. The Labute approximate surface area is 143 Å². The first-order valence-corrected chi connectivity index (χ1v) is 8.08. The van der Waals surface area contributed by atoms with E-state index in [0.717, 1.165) is 10.0 Å². The van der Waals surface area contributed by atoms with E-state index in [4.69, 9.17) is 0 Å². The van der Waals surface area contributed by atoms with Crippen LogP contribution in [-0.2, 0) is 17.6 Å². The Hall–Kier alpha value is -2.01. The largest absolute Gasteiger partial charge is 0.504 e. The van der Waals surface area contributed by atoms with Gasteiger partial charge in [0, 0.05) is 4.47 Å². The van der Waals surface area contributed by atoms with Crippen LogP contribution in [0.2, 0.25) is 0 Å². The van der Waals surface area contributed by atoms with E-state index in [1.165, 1.54) is 12.1 Å². The molecule has 4 nitrogen and oxygen atoms in total. The van der Waals surface area contributed by atoms with Crippen LogP contribution >= 0.6 is 15.9 Å². The fraction of sp³-hybridized carbons (Fsp3) is 0.278. The first-order chi connectivity index (χ1) is 10.8. The van der Waals surface area contributed by atoms with Crippen molar-refractivity contribution in [3.63, 3.8) is 0 Å². The van der Waals surface area contributed by atoms with Crippen LogP contribution < -0.4 is 0 Å². The molecule has 0 fully saturated rings. The van der Waals surface area contributed by atoms with Crippen LogP contribution in [0.4, 0.5) is 0 Å². The first kappa shape index (κ1) is 17.3. The van der Waals surface area contributed by atoms with E-state index in [9.17, 15) is 20.1 Å². The smallest absolute Gasteiger partial charge is 0.309 e. The molecule has 2 rings (SSSR count). The van der Waals surface area contributed by atoms with Crippen LogP contribution in [0.15, 0.2) is 46.9 Å². The molecule has 2 aromatic rings. The Morgan fingerprint density at radius 2 is 1.83 bits per heavy atom. The molecule has 2 aromatic carbocycles. The normalized spacial score (nSPS) is 13.5. The third kappa shape index (κ3) is 4.48. The third-order valence-electron chi connectivity index (χ3n) is 4.00. The number of carboxylic acid groups (broad SMARTS) is 1. The van der Waals surface area contributed by atoms with E-state index < -0.39 is 11.4 Å². The molecule has 0 bridgehead atoms. The summed E-state index contributed by atoms with van der Waals surface area (Å²) in [6, 6.07) is 12.2. The molecule has 0 aromatic heterocycles. The number of aromatic hydroxyl groups is 2. The summed E-state index contributed by atoms with van der Waals surface area (Å²) in [6.07, 6.45) is 1.40. The fourth-order valence-corrected chi connectivity index (χ4v) is 2.96. The van der Waals surface area contributed by atoms with Gasteiger partial charge in [0.2, 0.25) is 0 Å². The van der Waals surface area contributed by atoms with Gasteiger partial charge < -0.3 is 15.3 Å². The van der Waals surface area contributed by atoms with Gasteiger partial charge in [0.1, 0.15) is 0 Å². The van der Waals surface area contributed by atoms with Gasteiger partial charge in [-0.1, -0.05) is 34.1 Å². The Morgan fingerprint density at radius 3 is 2.43 bits per heavy atom. The van der Waals surface area contributed by atoms with Gasteiger partial charge in [0.25, 0.3) is 0 Å². The average molecular weight is 379 g/mol. The zero-order chi connectivity index (χ0) is 17.0. The highest BCUT2D eigenvalue weighted by Gasteiger charge is 2.33. The predicted molar refractivity (Wildman–Crippen MR) is 91.7 cm³/mol. The quantitative estimate of drug-likeness (QED) is 0.660. The Kier molecular flexibility index (Phi) is 5.31. The predicted octanol–water partition coefficient (Wildman–Crippen LogP) is 4.13. The monoisotopic (exact) mass is 378 g/mol. The number of hydrogen-bond donors (Lipinski definition) is 3. The molecule has 3 N–H and O–H groups in total. The van der Waals surface area contributed by atoms with Crippen molar-refractivity contribution in [2.45, 2.75) is 26.2 Å². The number of phenols is 2. The van der Waals surface area contributed by atoms with Crippen molar-refractivity contribution in [1.29, 1.82) is 0 Å². The van der Waals surface area contributed by atoms with Gasteiger partial charge in [-0.2, -0.15) is 0 Å². The summed E-state index contributed by atoms with van der Waals surface area (Å²) in [7, 11) is 0. The summed E-state index contributed by atoms with van der Waals surface area (Å²) < 4.78 is 0.968. The van der Waals surface area contributed by atoms with Crippen LogP contribution in [-0.4, -0.2) is 21.3 Å². The molecule has 122 valence electrons. The van der Waals surface area contributed by atoms with Gasteiger partial charge >= 0.3 is 5.97 Å². The molecule has 1 atom stereocenters. The van der Waals surface area contributed by atoms with Gasteiger partial charge in [-0.3, -0.25) is 4.79 Å². The van der Waals surface area contributed by atoms with Gasteiger partial charge in [0.05, 0.1) is 5.41 Å². The maximum atomic E-state index is 11.7. The summed E-state index contributed by atoms with van der Waals surface area (Å²) in [6.45, 7) is 1.71. The minimum atomic E-state index is -0.953. The summed E-state index contributed by atoms with van der Waals surface area (Å²) in [5.74, 6) is -1.32. The number of aliphatic carboxylic acids is 1. The standard InChI is InChI=1S/C18H19BrO4/c1-18(17(22)23,8-7-12-3-2-4-14(19)9-12)11-13-5-6-15(20)16(21)10-13/h2-6,9-10,20-21H,7-8,11H2,1H3,(H,22,23). The van der Waals surface area contributed by atoms with Gasteiger partial charge in [-0.15, -0.1) is 0 Å². The van der Waals surface area contributed by atoms with Crippen LogP contribution in [0.5, 0.6) is 11.5 Å². The lowest BCUT2D eigenvalue weighted by molar-refractivity contribution is -0.148. The highest BCUT2D eigenvalue weighted by atomic mass is 79.9. The molecule has 0 aliphatic carbocycles. The highest BCUT2D eigenvalue weighted by Crippen LogP contribution is 2.32. The average Bonchev–Trinajstić information content (AvgIpc) is 2.49. The summed E-state index contributed by atoms with van der Waals surface area (Å²) >= 11 is 3.41. The molecule has 0 spiro atoms. The summed E-state index contributed by atoms with van der Waals surface area (Å²) in [5, 5.41) is 28.6. The second kappa shape index (κ2) is 7.04. The number of phenolic OH excluding ortho intramolecular Hbond substituents is 2. The molecule has 0 aliphatic heterocycles. The van der Waals surface area contributed by atoms with Crippen LogP contribution in [0.3, 0.4) is 0 Å². The molecule has 0 amide bonds. The maximum Gasteiger partial charge on any atom is 0.309 e. The van der Waals surface area contributed by atoms with E-state index in [1.54, 1.807) is 13.0 Å². The number of halogens is 1. The molecule has 23 heavy (non-hydrogen) atoms. The van der Waals surface area contributed by atoms with E-state index in [0.29, 0.717) is 18.4 Å². The van der Waals surface area contributed by atoms with Crippen LogP contribution in [0.25, 0.3) is 0 Å². The van der Waals surface area contributed by atoms with Crippen molar-refractivity contribution in [2.75, 3.05) is 0 Å². The van der Waals surface area contributed by atoms with Crippen molar-refractivity contribution in [1.82, 2.24) is 0 Å². The molecule has 1 unspecified atom stereocenters. The van der Waals surface area contributed by atoms with Crippen molar-refractivity contribution in [3.8, 4) is 11.5 Å². The maximum absolute atomic E-state index is 11.7. The van der Waals surface area contributed by atoms with Crippen molar-refractivity contribution in [2.24, 2.45) is 5.41 Å². The van der Waals surface area contributed by atoms with Crippen LogP contribution in [0.1, 0.15) is 24.5 Å². The van der Waals surface area contributed by atoms with E-state index >= 15 is 0 Å². The van der Waals surface area contributed by atoms with Crippen molar-refractivity contribution >= 4 is 21.9 Å². The summed E-state index contributed by atoms with van der Waals surface area (Å²) in [5.41, 5.74) is 0.797. The molecule has 0 saturated heterocycles. The zero-order valence-electron chi connectivity index (χ0n) is 12.8. The number of aryl methyl sites for hydroxylation is 1. The number of carbonyl (C=O) groups is 1. The first-order valence-electron chi connectivity index (χ1n) is 7.29. The molecule has 0 saturated carbocycles. The second-order valence-corrected chi connectivity index (χ2v) is 6.91. The minimum Gasteiger partial charge on any atom is -0.504 e. The lowest BCUT2D eigenvalue weighted by Gasteiger charge is -2.25. The Balaban J connectivity index is 2.15. The van der Waals surface area contributed by atoms with Gasteiger partial charge in [-0.25, -0.2) is 0 Å². The number of carboxylic acids is 1. The summed E-state index contributed by atoms with van der Waals surface area (Å²) in [4.78, 5) is 11.7. The van der Waals surface area contributed by atoms with E-state index in [2.05, 4.69) is 15.9 Å². The molecule has 5 heteroatoms. The molecular weight excluding hydrogens is 360 g/mol. The minimum absolute atomic E-state index is 0.208. The molecular formula is C18H19BrO4. The third-order valence-corrected chi connectivity index (χ3v) is 4.50. The number of hydrogen-bond acceptors (Lipinski definition) is 3.